The Kier molecular flexibility index (Phi) is 3.94. The number of nitrogens with zero attached hydrogens (tertiary/aromatic N) is 2. The third-order valence-corrected chi connectivity index (χ3v) is 3.25. The van der Waals surface area contributed by atoms with Gasteiger partial charge < -0.3 is 10.0 Å². The Balaban J connectivity index is 2.04. The molecule has 0 saturated heterocycles. The van der Waals surface area contributed by atoms with E-state index in [9.17, 15) is 4.79 Å². The number of thiol groups is 1. The SMILES string of the molecule is O=C(CNc1ncc(-c2ccncc2)s1)NS. The first-order valence-corrected chi connectivity index (χ1v) is 6.09. The predicted octanol–water partition coefficient (Wildman–Crippen LogP) is 1.58. The highest BCUT2D eigenvalue weighted by Crippen LogP contribution is 2.27. The van der Waals surface area contributed by atoms with E-state index in [0.717, 1.165) is 10.4 Å². The van der Waals surface area contributed by atoms with Crippen molar-refractivity contribution in [2.45, 2.75) is 0 Å². The molecule has 0 unspecified atom stereocenters. The standard InChI is InChI=1S/C10H10N4OS2/c15-9(14-16)6-13-10-12-5-8(17-10)7-1-3-11-4-2-7/h1-5,16H,6H2,(H,12,13)(H,14,15). The number of carbonyl (C=O) groups excluding carboxylic acids is 1. The molecule has 1 amide bonds. The van der Waals surface area contributed by atoms with Crippen molar-refractivity contribution in [3.05, 3.63) is 30.7 Å². The van der Waals surface area contributed by atoms with Gasteiger partial charge in [-0.1, -0.05) is 24.2 Å². The normalized spacial score (nSPS) is 9.94. The lowest BCUT2D eigenvalue weighted by Gasteiger charge is -1.99. The third-order valence-electron chi connectivity index (χ3n) is 2.00. The van der Waals surface area contributed by atoms with Crippen LogP contribution in [0.15, 0.2) is 30.7 Å². The van der Waals surface area contributed by atoms with Crippen LogP contribution in [0.4, 0.5) is 5.13 Å². The minimum Gasteiger partial charge on any atom is -0.352 e. The van der Waals surface area contributed by atoms with Crippen LogP contribution in [0, 0.1) is 0 Å². The van der Waals surface area contributed by atoms with Crippen molar-refractivity contribution in [1.82, 2.24) is 14.7 Å². The second kappa shape index (κ2) is 5.65. The molecule has 2 aromatic heterocycles. The van der Waals surface area contributed by atoms with Crippen molar-refractivity contribution in [3.63, 3.8) is 0 Å². The Morgan fingerprint density at radius 2 is 2.18 bits per heavy atom. The second-order valence-corrected chi connectivity index (χ2v) is 4.41. The molecular formula is C10H10N4OS2. The van der Waals surface area contributed by atoms with Gasteiger partial charge in [0.2, 0.25) is 5.91 Å². The summed E-state index contributed by atoms with van der Waals surface area (Å²) >= 11 is 5.14. The minimum atomic E-state index is -0.200. The van der Waals surface area contributed by atoms with Crippen LogP contribution in [-0.4, -0.2) is 22.4 Å². The van der Waals surface area contributed by atoms with Gasteiger partial charge in [0.25, 0.3) is 0 Å². The molecule has 0 bridgehead atoms. The Morgan fingerprint density at radius 1 is 1.41 bits per heavy atom. The number of carbonyl (C=O) groups is 1. The van der Waals surface area contributed by atoms with Crippen LogP contribution in [0.1, 0.15) is 0 Å². The average molecular weight is 266 g/mol. The zero-order chi connectivity index (χ0) is 12.1. The highest BCUT2D eigenvalue weighted by Gasteiger charge is 2.05. The van der Waals surface area contributed by atoms with E-state index in [2.05, 4.69) is 32.8 Å². The van der Waals surface area contributed by atoms with Gasteiger partial charge in [0.05, 0.1) is 11.4 Å². The highest BCUT2D eigenvalue weighted by molar-refractivity contribution is 7.78. The van der Waals surface area contributed by atoms with Gasteiger partial charge in [0, 0.05) is 18.6 Å². The van der Waals surface area contributed by atoms with E-state index in [1.165, 1.54) is 11.3 Å². The lowest BCUT2D eigenvalue weighted by atomic mass is 10.2. The summed E-state index contributed by atoms with van der Waals surface area (Å²) in [5.74, 6) is -0.200. The Labute approximate surface area is 108 Å². The summed E-state index contributed by atoms with van der Waals surface area (Å²) in [5.41, 5.74) is 1.06. The summed E-state index contributed by atoms with van der Waals surface area (Å²) in [6.45, 7) is 0.160. The number of rotatable bonds is 4. The molecule has 2 heterocycles. The summed E-state index contributed by atoms with van der Waals surface area (Å²) in [7, 11) is 0. The van der Waals surface area contributed by atoms with Crippen LogP contribution < -0.4 is 10.0 Å². The molecule has 2 rings (SSSR count). The summed E-state index contributed by atoms with van der Waals surface area (Å²) in [5, 5.41) is 3.62. The maximum absolute atomic E-state index is 11.0. The molecule has 0 aliphatic rings. The molecule has 2 N–H and O–H groups in total. The van der Waals surface area contributed by atoms with Crippen LogP contribution in [0.2, 0.25) is 0 Å². The Bertz CT molecular complexity index is 500. The minimum absolute atomic E-state index is 0.160. The number of hydrogen-bond donors (Lipinski definition) is 3. The second-order valence-electron chi connectivity index (χ2n) is 3.15. The van der Waals surface area contributed by atoms with Gasteiger partial charge in [-0.2, -0.15) is 0 Å². The average Bonchev–Trinajstić information content (AvgIpc) is 2.86. The fraction of sp³-hybridized carbons (Fsp3) is 0.100. The number of hydrogen-bond acceptors (Lipinski definition) is 6. The van der Waals surface area contributed by atoms with Crippen LogP contribution in [0.5, 0.6) is 0 Å². The number of aromatic nitrogens is 2. The summed E-state index contributed by atoms with van der Waals surface area (Å²) in [6, 6.07) is 3.83. The number of nitrogens with one attached hydrogen (secondary N) is 2. The van der Waals surface area contributed by atoms with Crippen molar-refractivity contribution in [2.24, 2.45) is 0 Å². The summed E-state index contributed by atoms with van der Waals surface area (Å²) < 4.78 is 2.24. The lowest BCUT2D eigenvalue weighted by molar-refractivity contribution is -0.117. The molecule has 0 aliphatic heterocycles. The molecule has 2 aromatic rings. The van der Waals surface area contributed by atoms with Gasteiger partial charge in [-0.25, -0.2) is 4.98 Å². The number of thiazole rings is 1. The number of anilines is 1. The fourth-order valence-corrected chi connectivity index (χ4v) is 2.10. The van der Waals surface area contributed by atoms with E-state index in [0.29, 0.717) is 5.13 Å². The van der Waals surface area contributed by atoms with E-state index in [4.69, 9.17) is 0 Å². The van der Waals surface area contributed by atoms with E-state index in [1.807, 2.05) is 12.1 Å². The molecule has 88 valence electrons. The van der Waals surface area contributed by atoms with Gasteiger partial charge in [-0.05, 0) is 17.7 Å². The third kappa shape index (κ3) is 3.18. The van der Waals surface area contributed by atoms with E-state index >= 15 is 0 Å². The smallest absolute Gasteiger partial charge is 0.248 e. The van der Waals surface area contributed by atoms with E-state index in [1.54, 1.807) is 18.6 Å². The van der Waals surface area contributed by atoms with Gasteiger partial charge in [0.1, 0.15) is 0 Å². The number of amides is 1. The summed E-state index contributed by atoms with van der Waals surface area (Å²) in [4.78, 5) is 20.1. The Morgan fingerprint density at radius 3 is 2.88 bits per heavy atom. The van der Waals surface area contributed by atoms with Crippen LogP contribution in [0.25, 0.3) is 10.4 Å². The molecule has 0 aliphatic carbocycles. The molecule has 17 heavy (non-hydrogen) atoms. The zero-order valence-corrected chi connectivity index (χ0v) is 10.5. The highest BCUT2D eigenvalue weighted by atomic mass is 32.1. The first-order chi connectivity index (χ1) is 8.29. The quantitative estimate of drug-likeness (QED) is 0.735. The maximum atomic E-state index is 11.0. The Hall–Kier alpha value is -1.60. The first kappa shape index (κ1) is 11.9. The van der Waals surface area contributed by atoms with Gasteiger partial charge in [0.15, 0.2) is 5.13 Å². The van der Waals surface area contributed by atoms with Crippen molar-refractivity contribution in [3.8, 4) is 10.4 Å². The van der Waals surface area contributed by atoms with E-state index < -0.39 is 0 Å². The fourth-order valence-electron chi connectivity index (χ4n) is 1.20. The largest absolute Gasteiger partial charge is 0.352 e. The molecule has 0 radical (unpaired) electrons. The van der Waals surface area contributed by atoms with Crippen molar-refractivity contribution in [1.29, 1.82) is 0 Å². The molecule has 7 heteroatoms. The van der Waals surface area contributed by atoms with Gasteiger partial charge in [-0.3, -0.25) is 9.78 Å². The maximum Gasteiger partial charge on any atom is 0.248 e. The zero-order valence-electron chi connectivity index (χ0n) is 8.75. The van der Waals surface area contributed by atoms with Crippen molar-refractivity contribution < 1.29 is 4.79 Å². The van der Waals surface area contributed by atoms with Crippen LogP contribution in [0.3, 0.4) is 0 Å². The van der Waals surface area contributed by atoms with Crippen LogP contribution >= 0.6 is 24.2 Å². The summed E-state index contributed by atoms with van der Waals surface area (Å²) in [6.07, 6.45) is 5.23. The molecule has 0 atom stereocenters. The molecule has 0 spiro atoms. The van der Waals surface area contributed by atoms with Crippen LogP contribution in [-0.2, 0) is 4.79 Å². The molecule has 0 aromatic carbocycles. The lowest BCUT2D eigenvalue weighted by Crippen LogP contribution is -2.22. The van der Waals surface area contributed by atoms with Gasteiger partial charge in [-0.15, -0.1) is 0 Å². The molecule has 0 saturated carbocycles. The first-order valence-electron chi connectivity index (χ1n) is 4.82. The van der Waals surface area contributed by atoms with Gasteiger partial charge >= 0.3 is 0 Å². The topological polar surface area (TPSA) is 66.9 Å². The molecule has 0 fully saturated rings. The van der Waals surface area contributed by atoms with E-state index in [-0.39, 0.29) is 12.5 Å². The number of pyridine rings is 1. The predicted molar refractivity (Wildman–Crippen MR) is 71.0 cm³/mol. The van der Waals surface area contributed by atoms with Crippen molar-refractivity contribution in [2.75, 3.05) is 11.9 Å². The molecule has 5 nitrogen and oxygen atoms in total. The molecular weight excluding hydrogens is 256 g/mol. The van der Waals surface area contributed by atoms with Crippen molar-refractivity contribution >= 4 is 35.2 Å². The monoisotopic (exact) mass is 266 g/mol.